The molecule has 0 spiro atoms. The highest BCUT2D eigenvalue weighted by molar-refractivity contribution is 7.91. The molecule has 0 aliphatic carbocycles. The molecule has 21 heavy (non-hydrogen) atoms. The van der Waals surface area contributed by atoms with Crippen LogP contribution in [-0.2, 0) is 9.84 Å². The minimum Gasteiger partial charge on any atom is -0.370 e. The average Bonchev–Trinajstić information content (AvgIpc) is 2.47. The molecule has 0 saturated carbocycles. The van der Waals surface area contributed by atoms with Gasteiger partial charge in [0, 0.05) is 18.5 Å². The highest BCUT2D eigenvalue weighted by Crippen LogP contribution is 2.33. The van der Waals surface area contributed by atoms with Gasteiger partial charge in [-0.3, -0.25) is 0 Å². The SMILES string of the molecule is CC(Cl)C1CCN(c2ccccc2S(=O)(=O)C(F)F)CC1. The van der Waals surface area contributed by atoms with E-state index in [-0.39, 0.29) is 10.3 Å². The maximum absolute atomic E-state index is 12.8. The third-order valence-electron chi connectivity index (χ3n) is 3.94. The predicted molar refractivity (Wildman–Crippen MR) is 79.9 cm³/mol. The van der Waals surface area contributed by atoms with Gasteiger partial charge >= 0.3 is 5.76 Å². The van der Waals surface area contributed by atoms with Gasteiger partial charge < -0.3 is 4.90 Å². The van der Waals surface area contributed by atoms with Crippen molar-refractivity contribution in [2.75, 3.05) is 18.0 Å². The largest absolute Gasteiger partial charge is 0.370 e. The third kappa shape index (κ3) is 3.48. The summed E-state index contributed by atoms with van der Waals surface area (Å²) in [7, 11) is -4.59. The summed E-state index contributed by atoms with van der Waals surface area (Å²) in [6, 6.07) is 5.95. The van der Waals surface area contributed by atoms with Gasteiger partial charge in [0.15, 0.2) is 0 Å². The first-order valence-electron chi connectivity index (χ1n) is 6.84. The van der Waals surface area contributed by atoms with Crippen molar-refractivity contribution < 1.29 is 17.2 Å². The molecule has 1 saturated heterocycles. The fourth-order valence-electron chi connectivity index (χ4n) is 2.65. The maximum Gasteiger partial charge on any atom is 0.341 e. The number of sulfone groups is 1. The number of piperidine rings is 1. The summed E-state index contributed by atoms with van der Waals surface area (Å²) in [5.41, 5.74) is 0.360. The van der Waals surface area contributed by atoms with Crippen molar-refractivity contribution in [1.29, 1.82) is 0 Å². The molecule has 0 amide bonds. The van der Waals surface area contributed by atoms with Gasteiger partial charge in [-0.05, 0) is 37.8 Å². The first-order valence-corrected chi connectivity index (χ1v) is 8.82. The molecule has 1 aliphatic rings. The summed E-state index contributed by atoms with van der Waals surface area (Å²) in [6.07, 6.45) is 1.65. The van der Waals surface area contributed by atoms with Gasteiger partial charge in [0.1, 0.15) is 0 Å². The number of halogens is 3. The van der Waals surface area contributed by atoms with E-state index in [2.05, 4.69) is 0 Å². The predicted octanol–water partition coefficient (Wildman–Crippen LogP) is 3.53. The third-order valence-corrected chi connectivity index (χ3v) is 5.72. The Morgan fingerprint density at radius 3 is 2.33 bits per heavy atom. The second-order valence-electron chi connectivity index (χ2n) is 5.28. The lowest BCUT2D eigenvalue weighted by atomic mass is 9.94. The summed E-state index contributed by atoms with van der Waals surface area (Å²) in [6.45, 7) is 3.19. The Balaban J connectivity index is 2.27. The first-order chi connectivity index (χ1) is 9.84. The zero-order valence-corrected chi connectivity index (χ0v) is 13.2. The Bertz CT molecular complexity index is 584. The van der Waals surface area contributed by atoms with Crippen molar-refractivity contribution in [3.05, 3.63) is 24.3 Å². The average molecular weight is 338 g/mol. The number of para-hydroxylation sites is 1. The van der Waals surface area contributed by atoms with E-state index in [4.69, 9.17) is 11.6 Å². The number of alkyl halides is 3. The topological polar surface area (TPSA) is 37.4 Å². The quantitative estimate of drug-likeness (QED) is 0.789. The highest BCUT2D eigenvalue weighted by atomic mass is 35.5. The lowest BCUT2D eigenvalue weighted by Crippen LogP contribution is -2.36. The maximum atomic E-state index is 12.8. The normalized spacial score (nSPS) is 19.0. The van der Waals surface area contributed by atoms with Crippen LogP contribution in [0.2, 0.25) is 0 Å². The van der Waals surface area contributed by atoms with Crippen LogP contribution < -0.4 is 4.90 Å². The lowest BCUT2D eigenvalue weighted by molar-refractivity contribution is 0.234. The molecule has 1 aliphatic heterocycles. The molecule has 1 atom stereocenters. The van der Waals surface area contributed by atoms with Gasteiger partial charge in [-0.25, -0.2) is 8.42 Å². The fraction of sp³-hybridized carbons (Fsp3) is 0.571. The monoisotopic (exact) mass is 337 g/mol. The number of rotatable bonds is 4. The van der Waals surface area contributed by atoms with Crippen LogP contribution in [0, 0.1) is 5.92 Å². The summed E-state index contributed by atoms with van der Waals surface area (Å²) in [4.78, 5) is 1.56. The molecule has 118 valence electrons. The summed E-state index contributed by atoms with van der Waals surface area (Å²) < 4.78 is 49.1. The minimum absolute atomic E-state index is 0.0622. The van der Waals surface area contributed by atoms with Gasteiger partial charge in [0.05, 0.1) is 10.6 Å². The van der Waals surface area contributed by atoms with Crippen LogP contribution >= 0.6 is 11.6 Å². The van der Waals surface area contributed by atoms with Crippen LogP contribution in [0.1, 0.15) is 19.8 Å². The van der Waals surface area contributed by atoms with Crippen LogP contribution in [0.4, 0.5) is 14.5 Å². The smallest absolute Gasteiger partial charge is 0.341 e. The van der Waals surface area contributed by atoms with E-state index in [1.54, 1.807) is 12.1 Å². The Labute approximate surface area is 128 Å². The molecule has 3 nitrogen and oxygen atoms in total. The van der Waals surface area contributed by atoms with E-state index >= 15 is 0 Å². The van der Waals surface area contributed by atoms with Crippen molar-refractivity contribution >= 4 is 27.1 Å². The number of benzene rings is 1. The van der Waals surface area contributed by atoms with Crippen LogP contribution in [0.15, 0.2) is 29.2 Å². The van der Waals surface area contributed by atoms with Crippen molar-refractivity contribution in [1.82, 2.24) is 0 Å². The van der Waals surface area contributed by atoms with Crippen LogP contribution in [0.25, 0.3) is 0 Å². The van der Waals surface area contributed by atoms with E-state index in [1.165, 1.54) is 12.1 Å². The fourth-order valence-corrected chi connectivity index (χ4v) is 3.86. The zero-order valence-electron chi connectivity index (χ0n) is 11.7. The zero-order chi connectivity index (χ0) is 15.6. The summed E-state index contributed by atoms with van der Waals surface area (Å²) in [5, 5.41) is 0.0622. The molecule has 1 aromatic rings. The molecule has 0 radical (unpaired) electrons. The number of hydrogen-bond donors (Lipinski definition) is 0. The van der Waals surface area contributed by atoms with Gasteiger partial charge in [0.2, 0.25) is 9.84 Å². The van der Waals surface area contributed by atoms with E-state index in [0.717, 1.165) is 12.8 Å². The lowest BCUT2D eigenvalue weighted by Gasteiger charge is -2.35. The molecule has 0 aromatic heterocycles. The number of nitrogens with zero attached hydrogens (tertiary/aromatic N) is 1. The minimum atomic E-state index is -4.59. The van der Waals surface area contributed by atoms with Gasteiger partial charge in [0.25, 0.3) is 0 Å². The second kappa shape index (κ2) is 6.48. The van der Waals surface area contributed by atoms with E-state index in [9.17, 15) is 17.2 Å². The Kier molecular flexibility index (Phi) is 5.09. The Morgan fingerprint density at radius 2 is 1.81 bits per heavy atom. The molecule has 0 N–H and O–H groups in total. The number of hydrogen-bond acceptors (Lipinski definition) is 3. The van der Waals surface area contributed by atoms with Crippen molar-refractivity contribution in [3.63, 3.8) is 0 Å². The summed E-state index contributed by atoms with van der Waals surface area (Å²) >= 11 is 6.08. The van der Waals surface area contributed by atoms with Crippen molar-refractivity contribution in [2.24, 2.45) is 5.92 Å². The molecule has 0 bridgehead atoms. The second-order valence-corrected chi connectivity index (χ2v) is 7.85. The molecular formula is C14H18ClF2NO2S. The van der Waals surface area contributed by atoms with Gasteiger partial charge in [-0.1, -0.05) is 12.1 Å². The van der Waals surface area contributed by atoms with E-state index < -0.39 is 15.6 Å². The van der Waals surface area contributed by atoms with Crippen molar-refractivity contribution in [3.8, 4) is 0 Å². The van der Waals surface area contributed by atoms with E-state index in [1.807, 2.05) is 11.8 Å². The molecule has 7 heteroatoms. The van der Waals surface area contributed by atoms with Crippen LogP contribution in [0.3, 0.4) is 0 Å². The first kappa shape index (κ1) is 16.5. The van der Waals surface area contributed by atoms with E-state index in [0.29, 0.717) is 24.7 Å². The Hall–Kier alpha value is -0.880. The van der Waals surface area contributed by atoms with Gasteiger partial charge in [-0.15, -0.1) is 11.6 Å². The van der Waals surface area contributed by atoms with Crippen LogP contribution in [-0.4, -0.2) is 32.6 Å². The molecule has 1 fully saturated rings. The molecule has 1 unspecified atom stereocenters. The van der Waals surface area contributed by atoms with Crippen LogP contribution in [0.5, 0.6) is 0 Å². The summed E-state index contributed by atoms with van der Waals surface area (Å²) in [5.74, 6) is -3.03. The highest BCUT2D eigenvalue weighted by Gasteiger charge is 2.32. The van der Waals surface area contributed by atoms with Gasteiger partial charge in [-0.2, -0.15) is 8.78 Å². The molecule has 2 rings (SSSR count). The standard InChI is InChI=1S/C14H18ClF2NO2S/c1-10(15)11-6-8-18(9-7-11)12-4-2-3-5-13(12)21(19,20)14(16)17/h2-5,10-11,14H,6-9H2,1H3. The molecule has 1 heterocycles. The molecular weight excluding hydrogens is 320 g/mol. The Morgan fingerprint density at radius 1 is 1.24 bits per heavy atom. The molecule has 1 aromatic carbocycles. The van der Waals surface area contributed by atoms with Crippen molar-refractivity contribution in [2.45, 2.75) is 35.8 Å². The number of anilines is 1.